The highest BCUT2D eigenvalue weighted by Crippen LogP contribution is 2.37. The molecule has 5 rings (SSSR count). The highest BCUT2D eigenvalue weighted by molar-refractivity contribution is 5.84. The summed E-state index contributed by atoms with van der Waals surface area (Å²) in [6.07, 6.45) is 8.15. The summed E-state index contributed by atoms with van der Waals surface area (Å²) < 4.78 is 22.7. The van der Waals surface area contributed by atoms with E-state index in [1.54, 1.807) is 6.26 Å². The monoisotopic (exact) mass is 394 g/mol. The molecule has 1 saturated carbocycles. The molecule has 1 N–H and O–H groups in total. The maximum atomic E-state index is 6.25. The van der Waals surface area contributed by atoms with Crippen molar-refractivity contribution in [1.82, 2.24) is 10.3 Å². The summed E-state index contributed by atoms with van der Waals surface area (Å²) in [5.74, 6) is 3.75. The molecule has 0 bridgehead atoms. The third-order valence-corrected chi connectivity index (χ3v) is 5.72. The molecule has 6 nitrogen and oxygen atoms in total. The lowest BCUT2D eigenvalue weighted by Crippen LogP contribution is -2.18. The van der Waals surface area contributed by atoms with E-state index < -0.39 is 0 Å². The summed E-state index contributed by atoms with van der Waals surface area (Å²) >= 11 is 0. The van der Waals surface area contributed by atoms with Gasteiger partial charge in [-0.3, -0.25) is 0 Å². The van der Waals surface area contributed by atoms with Crippen LogP contribution < -0.4 is 19.5 Å². The minimum atomic E-state index is 0.258. The number of pyridine rings is 1. The Bertz CT molecular complexity index is 965. The maximum absolute atomic E-state index is 6.25. The van der Waals surface area contributed by atoms with Crippen LogP contribution in [-0.4, -0.2) is 18.4 Å². The van der Waals surface area contributed by atoms with Crippen LogP contribution in [0, 0.1) is 5.92 Å². The van der Waals surface area contributed by atoms with E-state index in [0.29, 0.717) is 24.9 Å². The van der Waals surface area contributed by atoms with Crippen molar-refractivity contribution in [3.8, 4) is 17.4 Å². The zero-order valence-electron chi connectivity index (χ0n) is 16.5. The maximum Gasteiger partial charge on any atom is 0.231 e. The first kappa shape index (κ1) is 18.3. The molecule has 1 aliphatic heterocycles. The molecule has 1 aromatic carbocycles. The van der Waals surface area contributed by atoms with Crippen LogP contribution in [-0.2, 0) is 13.1 Å². The Morgan fingerprint density at radius 1 is 1.03 bits per heavy atom. The van der Waals surface area contributed by atoms with Gasteiger partial charge in [0.1, 0.15) is 5.76 Å². The zero-order valence-corrected chi connectivity index (χ0v) is 16.5. The topological polar surface area (TPSA) is 65.8 Å². The minimum Gasteiger partial charge on any atom is -0.477 e. The number of hydrogen-bond donors (Lipinski definition) is 1. The van der Waals surface area contributed by atoms with Gasteiger partial charge in [-0.05, 0) is 43.0 Å². The lowest BCUT2D eigenvalue weighted by atomic mass is 9.90. The first-order chi connectivity index (χ1) is 14.3. The third-order valence-electron chi connectivity index (χ3n) is 5.72. The van der Waals surface area contributed by atoms with Crippen molar-refractivity contribution >= 4 is 10.9 Å². The van der Waals surface area contributed by atoms with Crippen LogP contribution in [0.3, 0.4) is 0 Å². The second-order valence-electron chi connectivity index (χ2n) is 7.85. The first-order valence-electron chi connectivity index (χ1n) is 10.4. The van der Waals surface area contributed by atoms with Crippen molar-refractivity contribution < 1.29 is 18.6 Å². The second kappa shape index (κ2) is 8.33. The highest BCUT2D eigenvalue weighted by Gasteiger charge is 2.19. The molecule has 152 valence electrons. The fourth-order valence-corrected chi connectivity index (χ4v) is 4.13. The van der Waals surface area contributed by atoms with Crippen LogP contribution in [0.25, 0.3) is 10.9 Å². The largest absolute Gasteiger partial charge is 0.477 e. The highest BCUT2D eigenvalue weighted by atomic mass is 16.7. The lowest BCUT2D eigenvalue weighted by molar-refractivity contribution is 0.174. The van der Waals surface area contributed by atoms with Gasteiger partial charge in [0.2, 0.25) is 12.7 Å². The number of hydrogen-bond acceptors (Lipinski definition) is 6. The number of nitrogens with one attached hydrogen (secondary N) is 1. The van der Waals surface area contributed by atoms with Crippen molar-refractivity contribution in [2.45, 2.75) is 45.2 Å². The Morgan fingerprint density at radius 3 is 2.72 bits per heavy atom. The van der Waals surface area contributed by atoms with E-state index in [1.807, 2.05) is 24.3 Å². The molecular formula is C23H26N2O4. The molecule has 0 unspecified atom stereocenters. The standard InChI is InChI=1S/C23H26N2O4/c1-2-5-16(6-3-1)14-27-23-18(12-24-13-19-7-4-8-26-19)9-17-10-21-22(29-15-28-21)11-20(17)25-23/h4,7-11,16,24H,1-3,5-6,12-15H2. The van der Waals surface area contributed by atoms with Crippen molar-refractivity contribution in [1.29, 1.82) is 0 Å². The minimum absolute atomic E-state index is 0.258. The normalized spacial score (nSPS) is 16.4. The molecule has 1 aliphatic carbocycles. The van der Waals surface area contributed by atoms with Gasteiger partial charge in [0.15, 0.2) is 11.5 Å². The summed E-state index contributed by atoms with van der Waals surface area (Å²) in [6, 6.07) is 9.93. The summed E-state index contributed by atoms with van der Waals surface area (Å²) in [4.78, 5) is 4.83. The number of fused-ring (bicyclic) bond motifs is 2. The molecule has 2 aliphatic rings. The molecule has 0 radical (unpaired) electrons. The number of aromatic nitrogens is 1. The van der Waals surface area contributed by atoms with Gasteiger partial charge in [-0.25, -0.2) is 4.98 Å². The van der Waals surface area contributed by atoms with Crippen LogP contribution >= 0.6 is 0 Å². The summed E-state index contributed by atoms with van der Waals surface area (Å²) in [5, 5.41) is 4.45. The number of nitrogens with zero attached hydrogens (tertiary/aromatic N) is 1. The SMILES string of the molecule is c1coc(CNCc2cc3cc4c(cc3nc2OCC2CCCCC2)OCO4)c1. The lowest BCUT2D eigenvalue weighted by Gasteiger charge is -2.22. The van der Waals surface area contributed by atoms with Gasteiger partial charge in [0, 0.05) is 23.6 Å². The Balaban J connectivity index is 1.38. The van der Waals surface area contributed by atoms with E-state index in [4.69, 9.17) is 23.6 Å². The van der Waals surface area contributed by atoms with Crippen LogP contribution in [0.15, 0.2) is 41.0 Å². The van der Waals surface area contributed by atoms with Crippen LogP contribution in [0.4, 0.5) is 0 Å². The smallest absolute Gasteiger partial charge is 0.231 e. The molecule has 2 aromatic heterocycles. The van der Waals surface area contributed by atoms with E-state index >= 15 is 0 Å². The second-order valence-corrected chi connectivity index (χ2v) is 7.85. The first-order valence-corrected chi connectivity index (χ1v) is 10.4. The van der Waals surface area contributed by atoms with Gasteiger partial charge in [0.25, 0.3) is 0 Å². The van der Waals surface area contributed by atoms with Gasteiger partial charge in [-0.2, -0.15) is 0 Å². The summed E-state index contributed by atoms with van der Waals surface area (Å²) in [5.41, 5.74) is 1.90. The fourth-order valence-electron chi connectivity index (χ4n) is 4.13. The number of rotatable bonds is 7. The number of ether oxygens (including phenoxy) is 3. The Hall–Kier alpha value is -2.73. The molecule has 6 heteroatoms. The third kappa shape index (κ3) is 4.17. The average Bonchev–Trinajstić information content (AvgIpc) is 3.43. The molecule has 1 fully saturated rings. The fraction of sp³-hybridized carbons (Fsp3) is 0.435. The quantitative estimate of drug-likeness (QED) is 0.621. The molecule has 0 atom stereocenters. The predicted octanol–water partition coefficient (Wildman–Crippen LogP) is 4.81. The van der Waals surface area contributed by atoms with Gasteiger partial charge < -0.3 is 23.9 Å². The Kier molecular flexibility index (Phi) is 5.26. The van der Waals surface area contributed by atoms with E-state index in [0.717, 1.165) is 40.3 Å². The van der Waals surface area contributed by atoms with Gasteiger partial charge in [-0.1, -0.05) is 19.3 Å². The van der Waals surface area contributed by atoms with Crippen molar-refractivity contribution in [2.24, 2.45) is 5.92 Å². The van der Waals surface area contributed by atoms with E-state index in [2.05, 4.69) is 11.4 Å². The Labute approximate surface area is 170 Å². The average molecular weight is 394 g/mol. The molecule has 0 amide bonds. The number of furan rings is 1. The van der Waals surface area contributed by atoms with Gasteiger partial charge >= 0.3 is 0 Å². The van der Waals surface area contributed by atoms with Crippen molar-refractivity contribution in [2.75, 3.05) is 13.4 Å². The predicted molar refractivity (Wildman–Crippen MR) is 109 cm³/mol. The van der Waals surface area contributed by atoms with Crippen molar-refractivity contribution in [3.63, 3.8) is 0 Å². The van der Waals surface area contributed by atoms with Crippen LogP contribution in [0.5, 0.6) is 17.4 Å². The van der Waals surface area contributed by atoms with Crippen LogP contribution in [0.1, 0.15) is 43.4 Å². The summed E-state index contributed by atoms with van der Waals surface area (Å²) in [6.45, 7) is 2.30. The molecule has 0 saturated heterocycles. The van der Waals surface area contributed by atoms with E-state index in [-0.39, 0.29) is 6.79 Å². The number of benzene rings is 1. The molecule has 3 heterocycles. The summed E-state index contributed by atoms with van der Waals surface area (Å²) in [7, 11) is 0. The zero-order chi connectivity index (χ0) is 19.5. The van der Waals surface area contributed by atoms with E-state index in [1.165, 1.54) is 32.1 Å². The molecule has 0 spiro atoms. The van der Waals surface area contributed by atoms with Gasteiger partial charge in [0.05, 0.1) is 24.9 Å². The molecule has 29 heavy (non-hydrogen) atoms. The van der Waals surface area contributed by atoms with Crippen LogP contribution in [0.2, 0.25) is 0 Å². The Morgan fingerprint density at radius 2 is 1.90 bits per heavy atom. The van der Waals surface area contributed by atoms with Gasteiger partial charge in [-0.15, -0.1) is 0 Å². The molecular weight excluding hydrogens is 368 g/mol. The van der Waals surface area contributed by atoms with Crippen molar-refractivity contribution in [3.05, 3.63) is 47.9 Å². The molecule has 3 aromatic rings. The van der Waals surface area contributed by atoms with E-state index in [9.17, 15) is 0 Å².